The van der Waals surface area contributed by atoms with Crippen LogP contribution in [0.2, 0.25) is 5.02 Å². The van der Waals surface area contributed by atoms with Gasteiger partial charge in [0.05, 0.1) is 0 Å². The Labute approximate surface area is 127 Å². The van der Waals surface area contributed by atoms with Crippen LogP contribution < -0.4 is 5.73 Å². The summed E-state index contributed by atoms with van der Waals surface area (Å²) < 4.78 is 13.9. The highest BCUT2D eigenvalue weighted by Crippen LogP contribution is 2.32. The van der Waals surface area contributed by atoms with Gasteiger partial charge in [0.2, 0.25) is 5.95 Å². The summed E-state index contributed by atoms with van der Waals surface area (Å²) in [6, 6.07) is 4.61. The van der Waals surface area contributed by atoms with E-state index in [2.05, 4.69) is 15.0 Å². The molecule has 2 N–H and O–H groups in total. The first kappa shape index (κ1) is 14.2. The van der Waals surface area contributed by atoms with E-state index in [1.807, 2.05) is 0 Å². The molecule has 21 heavy (non-hydrogen) atoms. The lowest BCUT2D eigenvalue weighted by Crippen LogP contribution is -2.10. The highest BCUT2D eigenvalue weighted by Gasteiger charge is 2.21. The van der Waals surface area contributed by atoms with Crippen LogP contribution in [-0.2, 0) is 6.42 Å². The third kappa shape index (κ3) is 3.13. The Morgan fingerprint density at radius 1 is 1.19 bits per heavy atom. The number of nitrogen functional groups attached to an aromatic ring is 1. The summed E-state index contributed by atoms with van der Waals surface area (Å²) >= 11 is 6.04. The second-order valence-electron chi connectivity index (χ2n) is 5.33. The Kier molecular flexibility index (Phi) is 4.01. The van der Waals surface area contributed by atoms with E-state index in [4.69, 9.17) is 17.3 Å². The highest BCUT2D eigenvalue weighted by molar-refractivity contribution is 6.31. The Morgan fingerprint density at radius 2 is 1.95 bits per heavy atom. The Bertz CT molecular complexity index is 636. The molecule has 2 aromatic rings. The molecule has 0 spiro atoms. The van der Waals surface area contributed by atoms with E-state index in [1.165, 1.54) is 18.9 Å². The van der Waals surface area contributed by atoms with Gasteiger partial charge in [0.1, 0.15) is 17.5 Å². The van der Waals surface area contributed by atoms with Crippen molar-refractivity contribution in [3.05, 3.63) is 46.3 Å². The largest absolute Gasteiger partial charge is 0.368 e. The van der Waals surface area contributed by atoms with Crippen LogP contribution in [0.15, 0.2) is 18.2 Å². The minimum absolute atomic E-state index is 0.189. The zero-order valence-corrected chi connectivity index (χ0v) is 12.3. The molecule has 0 atom stereocenters. The molecule has 110 valence electrons. The normalized spacial score (nSPS) is 15.5. The molecule has 0 saturated heterocycles. The van der Waals surface area contributed by atoms with Gasteiger partial charge >= 0.3 is 0 Å². The maximum Gasteiger partial charge on any atom is 0.223 e. The second kappa shape index (κ2) is 5.93. The number of halogens is 2. The third-order valence-corrected chi connectivity index (χ3v) is 4.19. The van der Waals surface area contributed by atoms with E-state index in [0.29, 0.717) is 22.3 Å². The summed E-state index contributed by atoms with van der Waals surface area (Å²) in [5.41, 5.74) is 6.16. The molecule has 0 amide bonds. The molecule has 1 aliphatic rings. The molecule has 0 bridgehead atoms. The van der Waals surface area contributed by atoms with Crippen molar-refractivity contribution < 1.29 is 4.39 Å². The number of nitrogens with two attached hydrogens (primary N) is 1. The van der Waals surface area contributed by atoms with E-state index in [9.17, 15) is 4.39 Å². The van der Waals surface area contributed by atoms with Gasteiger partial charge in [0, 0.05) is 22.9 Å². The van der Waals surface area contributed by atoms with Crippen LogP contribution in [0.25, 0.3) is 0 Å². The molecule has 0 aliphatic heterocycles. The standard InChI is InChI=1S/C15H16ClFN4/c16-11-6-3-7-12(17)10(11)8-13-19-14(21-15(18)20-13)9-4-1-2-5-9/h3,6-7,9H,1-2,4-5,8H2,(H2,18,19,20,21). The average molecular weight is 307 g/mol. The van der Waals surface area contributed by atoms with Gasteiger partial charge in [0.15, 0.2) is 0 Å². The summed E-state index contributed by atoms with van der Waals surface area (Å²) in [6.07, 6.45) is 4.74. The molecule has 0 radical (unpaired) electrons. The van der Waals surface area contributed by atoms with Crippen LogP contribution in [0.4, 0.5) is 10.3 Å². The van der Waals surface area contributed by atoms with Crippen molar-refractivity contribution in [1.29, 1.82) is 0 Å². The minimum atomic E-state index is -0.357. The molecule has 4 nitrogen and oxygen atoms in total. The van der Waals surface area contributed by atoms with Crippen molar-refractivity contribution in [2.75, 3.05) is 5.73 Å². The van der Waals surface area contributed by atoms with E-state index < -0.39 is 0 Å². The first-order valence-electron chi connectivity index (χ1n) is 7.06. The number of benzene rings is 1. The summed E-state index contributed by atoms with van der Waals surface area (Å²) in [6.45, 7) is 0. The number of hydrogen-bond acceptors (Lipinski definition) is 4. The lowest BCUT2D eigenvalue weighted by atomic mass is 10.1. The number of aromatic nitrogens is 3. The van der Waals surface area contributed by atoms with E-state index in [0.717, 1.165) is 18.7 Å². The Hall–Kier alpha value is -1.75. The number of rotatable bonds is 3. The van der Waals surface area contributed by atoms with Gasteiger partial charge < -0.3 is 5.73 Å². The Balaban J connectivity index is 1.91. The summed E-state index contributed by atoms with van der Waals surface area (Å²) in [5, 5.41) is 0.372. The second-order valence-corrected chi connectivity index (χ2v) is 5.73. The van der Waals surface area contributed by atoms with Crippen LogP contribution in [0.5, 0.6) is 0 Å². The van der Waals surface area contributed by atoms with Crippen LogP contribution in [-0.4, -0.2) is 15.0 Å². The quantitative estimate of drug-likeness (QED) is 0.942. The molecule has 6 heteroatoms. The maximum absolute atomic E-state index is 13.9. The SMILES string of the molecule is Nc1nc(Cc2c(F)cccc2Cl)nc(C2CCCC2)n1. The molecular weight excluding hydrogens is 291 g/mol. The van der Waals surface area contributed by atoms with Crippen molar-refractivity contribution in [2.24, 2.45) is 0 Å². The van der Waals surface area contributed by atoms with Gasteiger partial charge in [-0.1, -0.05) is 30.5 Å². The minimum Gasteiger partial charge on any atom is -0.368 e. The van der Waals surface area contributed by atoms with Crippen LogP contribution in [0, 0.1) is 5.82 Å². The molecule has 1 aliphatic carbocycles. The fourth-order valence-corrected chi connectivity index (χ4v) is 2.99. The lowest BCUT2D eigenvalue weighted by molar-refractivity contribution is 0.609. The fourth-order valence-electron chi connectivity index (χ4n) is 2.76. The monoisotopic (exact) mass is 306 g/mol. The summed E-state index contributed by atoms with van der Waals surface area (Å²) in [5.74, 6) is 1.36. The van der Waals surface area contributed by atoms with Crippen LogP contribution in [0.3, 0.4) is 0 Å². The molecule has 1 heterocycles. The molecule has 1 aromatic carbocycles. The number of anilines is 1. The van der Waals surface area contributed by atoms with Crippen LogP contribution in [0.1, 0.15) is 48.8 Å². The zero-order chi connectivity index (χ0) is 14.8. The molecule has 0 unspecified atom stereocenters. The molecular formula is C15H16ClFN4. The maximum atomic E-state index is 13.9. The van der Waals surface area contributed by atoms with Crippen molar-refractivity contribution in [1.82, 2.24) is 15.0 Å². The summed E-state index contributed by atoms with van der Waals surface area (Å²) in [7, 11) is 0. The van der Waals surface area contributed by atoms with Crippen molar-refractivity contribution in [3.8, 4) is 0 Å². The lowest BCUT2D eigenvalue weighted by Gasteiger charge is -2.10. The topological polar surface area (TPSA) is 64.7 Å². The first-order valence-corrected chi connectivity index (χ1v) is 7.44. The van der Waals surface area contributed by atoms with Gasteiger partial charge in [-0.15, -0.1) is 0 Å². The van der Waals surface area contributed by atoms with E-state index in [-0.39, 0.29) is 18.2 Å². The highest BCUT2D eigenvalue weighted by atomic mass is 35.5. The number of nitrogens with zero attached hydrogens (tertiary/aromatic N) is 3. The van der Waals surface area contributed by atoms with E-state index >= 15 is 0 Å². The molecule has 1 fully saturated rings. The van der Waals surface area contributed by atoms with Crippen molar-refractivity contribution >= 4 is 17.5 Å². The van der Waals surface area contributed by atoms with E-state index in [1.54, 1.807) is 12.1 Å². The zero-order valence-electron chi connectivity index (χ0n) is 11.5. The molecule has 1 saturated carbocycles. The van der Waals surface area contributed by atoms with Crippen molar-refractivity contribution in [2.45, 2.75) is 38.0 Å². The average Bonchev–Trinajstić information content (AvgIpc) is 2.97. The fraction of sp³-hybridized carbons (Fsp3) is 0.400. The third-order valence-electron chi connectivity index (χ3n) is 3.83. The predicted molar refractivity (Wildman–Crippen MR) is 79.7 cm³/mol. The van der Waals surface area contributed by atoms with Gasteiger partial charge in [-0.25, -0.2) is 9.37 Å². The van der Waals surface area contributed by atoms with Crippen LogP contribution >= 0.6 is 11.6 Å². The molecule has 3 rings (SSSR count). The summed E-state index contributed by atoms with van der Waals surface area (Å²) in [4.78, 5) is 12.8. The smallest absolute Gasteiger partial charge is 0.223 e. The predicted octanol–water partition coefficient (Wildman–Crippen LogP) is 3.49. The Morgan fingerprint density at radius 3 is 2.67 bits per heavy atom. The molecule has 1 aromatic heterocycles. The van der Waals surface area contributed by atoms with Gasteiger partial charge in [-0.2, -0.15) is 9.97 Å². The van der Waals surface area contributed by atoms with Gasteiger partial charge in [-0.3, -0.25) is 0 Å². The number of hydrogen-bond donors (Lipinski definition) is 1. The van der Waals surface area contributed by atoms with Gasteiger partial charge in [-0.05, 0) is 25.0 Å². The van der Waals surface area contributed by atoms with Gasteiger partial charge in [0.25, 0.3) is 0 Å². The first-order chi connectivity index (χ1) is 10.1. The van der Waals surface area contributed by atoms with Crippen molar-refractivity contribution in [3.63, 3.8) is 0 Å².